The van der Waals surface area contributed by atoms with E-state index in [1.165, 1.54) is 15.7 Å². The van der Waals surface area contributed by atoms with Gasteiger partial charge in [-0.2, -0.15) is 0 Å². The lowest BCUT2D eigenvalue weighted by atomic mass is 9.90. The van der Waals surface area contributed by atoms with E-state index >= 15 is 0 Å². The van der Waals surface area contributed by atoms with Gasteiger partial charge in [-0.1, -0.05) is 115 Å². The van der Waals surface area contributed by atoms with Crippen LogP contribution in [0.3, 0.4) is 0 Å². The fourth-order valence-corrected chi connectivity index (χ4v) is 10.1. The maximum Gasteiger partial charge on any atom is 0.261 e. The maximum absolute atomic E-state index is 14.5. The minimum absolute atomic E-state index is 0.0123. The Kier molecular flexibility index (Phi) is 15.2. The molecule has 2 heterocycles. The molecule has 5 atom stereocenters. The third-order valence-corrected chi connectivity index (χ3v) is 13.0. The molecule has 5 unspecified atom stereocenters. The van der Waals surface area contributed by atoms with Crippen molar-refractivity contribution in [3.05, 3.63) is 107 Å². The molecule has 0 aliphatic carbocycles. The van der Waals surface area contributed by atoms with E-state index in [0.717, 1.165) is 17.5 Å². The molecule has 0 radical (unpaired) electrons. The zero-order chi connectivity index (χ0) is 38.6. The zero-order valence-electron chi connectivity index (χ0n) is 31.4. The molecule has 4 N–H and O–H groups in total. The van der Waals surface area contributed by atoms with Gasteiger partial charge in [-0.3, -0.25) is 28.9 Å². The number of fused-ring (bicyclic) bond motifs is 1. The monoisotopic (exact) mass is 771 g/mol. The van der Waals surface area contributed by atoms with Crippen LogP contribution in [0.4, 0.5) is 0 Å². The number of hydrogen-bond donors (Lipinski definition) is 3. The summed E-state index contributed by atoms with van der Waals surface area (Å²) in [5.74, 6) is -0.251. The van der Waals surface area contributed by atoms with Crippen molar-refractivity contribution in [2.24, 2.45) is 11.7 Å². The van der Waals surface area contributed by atoms with E-state index in [-0.39, 0.29) is 48.0 Å². The van der Waals surface area contributed by atoms with Gasteiger partial charge in [-0.25, -0.2) is 0 Å². The SMILES string of the molecule is CNC(=O)C(Cc1ccccc1)N1CCC(c2ccccc2)CC(NC(=O)C(CCCCN2C(=O)c3ccccc3C2=O)SSCC(N)CC(C)C)C1=O. The van der Waals surface area contributed by atoms with Crippen LogP contribution in [0.5, 0.6) is 0 Å². The van der Waals surface area contributed by atoms with Crippen molar-refractivity contribution < 1.29 is 24.0 Å². The molecule has 2 aliphatic heterocycles. The number of nitrogens with one attached hydrogen (secondary N) is 2. The van der Waals surface area contributed by atoms with E-state index in [1.807, 2.05) is 60.7 Å². The van der Waals surface area contributed by atoms with Crippen LogP contribution in [-0.4, -0.2) is 88.6 Å². The summed E-state index contributed by atoms with van der Waals surface area (Å²) >= 11 is 0. The van der Waals surface area contributed by atoms with Crippen molar-refractivity contribution in [1.29, 1.82) is 0 Å². The average Bonchev–Trinajstić information content (AvgIpc) is 3.30. The van der Waals surface area contributed by atoms with Crippen LogP contribution >= 0.6 is 21.6 Å². The molecule has 288 valence electrons. The Morgan fingerprint density at radius 1 is 0.870 bits per heavy atom. The molecule has 3 aromatic rings. The van der Waals surface area contributed by atoms with E-state index < -0.39 is 17.3 Å². The molecule has 10 nitrogen and oxygen atoms in total. The van der Waals surface area contributed by atoms with Crippen LogP contribution in [0.1, 0.15) is 90.1 Å². The molecular weight excluding hydrogens is 719 g/mol. The first-order valence-electron chi connectivity index (χ1n) is 19.0. The van der Waals surface area contributed by atoms with E-state index in [2.05, 4.69) is 24.5 Å². The molecule has 54 heavy (non-hydrogen) atoms. The van der Waals surface area contributed by atoms with Crippen LogP contribution in [0, 0.1) is 5.92 Å². The van der Waals surface area contributed by atoms with Crippen molar-refractivity contribution in [3.63, 3.8) is 0 Å². The van der Waals surface area contributed by atoms with Crippen LogP contribution in [0.15, 0.2) is 84.9 Å². The number of carbonyl (C=O) groups is 5. The molecule has 2 aliphatic rings. The zero-order valence-corrected chi connectivity index (χ0v) is 33.1. The third-order valence-electron chi connectivity index (χ3n) is 10.1. The highest BCUT2D eigenvalue weighted by Crippen LogP contribution is 2.34. The van der Waals surface area contributed by atoms with Gasteiger partial charge in [0.2, 0.25) is 17.7 Å². The summed E-state index contributed by atoms with van der Waals surface area (Å²) < 4.78 is 0. The fourth-order valence-electron chi connectivity index (χ4n) is 7.33. The summed E-state index contributed by atoms with van der Waals surface area (Å²) in [6.07, 6.45) is 3.87. The van der Waals surface area contributed by atoms with Crippen molar-refractivity contribution in [2.45, 2.75) is 88.1 Å². The Labute approximate surface area is 327 Å². The maximum atomic E-state index is 14.5. The molecule has 0 aromatic heterocycles. The quantitative estimate of drug-likeness (QED) is 0.0835. The predicted octanol–water partition coefficient (Wildman–Crippen LogP) is 5.82. The molecule has 1 saturated heterocycles. The van der Waals surface area contributed by atoms with Crippen LogP contribution < -0.4 is 16.4 Å². The first-order valence-corrected chi connectivity index (χ1v) is 21.4. The number of nitrogens with two attached hydrogens (primary N) is 1. The van der Waals surface area contributed by atoms with Crippen LogP contribution in [0.2, 0.25) is 0 Å². The molecule has 0 bridgehead atoms. The minimum Gasteiger partial charge on any atom is -0.357 e. The largest absolute Gasteiger partial charge is 0.357 e. The topological polar surface area (TPSA) is 142 Å². The molecule has 0 spiro atoms. The second-order valence-corrected chi connectivity index (χ2v) is 17.2. The fraction of sp³-hybridized carbons (Fsp3) is 0.452. The van der Waals surface area contributed by atoms with Crippen molar-refractivity contribution in [2.75, 3.05) is 25.9 Å². The van der Waals surface area contributed by atoms with E-state index in [0.29, 0.717) is 67.9 Å². The number of amides is 5. The first kappa shape index (κ1) is 41.0. The number of likely N-dealkylation sites (N-methyl/N-ethyl adjacent to an activating group) is 1. The number of hydrogen-bond acceptors (Lipinski definition) is 8. The number of likely N-dealkylation sites (tertiary alicyclic amines) is 1. The number of benzene rings is 3. The highest BCUT2D eigenvalue weighted by atomic mass is 33.1. The first-order chi connectivity index (χ1) is 26.1. The summed E-state index contributed by atoms with van der Waals surface area (Å²) in [5, 5.41) is 5.40. The smallest absolute Gasteiger partial charge is 0.261 e. The van der Waals surface area contributed by atoms with Gasteiger partial charge in [0.1, 0.15) is 12.1 Å². The summed E-state index contributed by atoms with van der Waals surface area (Å²) in [4.78, 5) is 71.0. The molecule has 0 saturated carbocycles. The number of rotatable bonds is 18. The highest BCUT2D eigenvalue weighted by molar-refractivity contribution is 8.77. The summed E-state index contributed by atoms with van der Waals surface area (Å²) in [6, 6.07) is 24.9. The molecule has 5 amide bonds. The van der Waals surface area contributed by atoms with Crippen LogP contribution in [0.25, 0.3) is 0 Å². The third kappa shape index (κ3) is 10.8. The van der Waals surface area contributed by atoms with Gasteiger partial charge in [0.25, 0.3) is 11.8 Å². The molecule has 5 rings (SSSR count). The van der Waals surface area contributed by atoms with E-state index in [4.69, 9.17) is 5.73 Å². The van der Waals surface area contributed by atoms with Gasteiger partial charge < -0.3 is 21.3 Å². The molecular formula is C42H53N5O5S2. The van der Waals surface area contributed by atoms with Gasteiger partial charge >= 0.3 is 0 Å². The molecule has 1 fully saturated rings. The Bertz CT molecular complexity index is 1710. The Hall–Kier alpha value is -4.13. The Morgan fingerprint density at radius 2 is 1.50 bits per heavy atom. The number of imide groups is 1. The number of carbonyl (C=O) groups excluding carboxylic acids is 5. The molecule has 12 heteroatoms. The van der Waals surface area contributed by atoms with E-state index in [9.17, 15) is 24.0 Å². The van der Waals surface area contributed by atoms with Crippen LogP contribution in [-0.2, 0) is 20.8 Å². The van der Waals surface area contributed by atoms with Gasteiger partial charge in [0.15, 0.2) is 0 Å². The van der Waals surface area contributed by atoms with Gasteiger partial charge in [0, 0.05) is 38.4 Å². The average molecular weight is 772 g/mol. The standard InChI is InChI=1S/C42H53N5O5S2/c1-28(2)24-32(43)27-53-54-37(20-12-13-22-47-40(50)33-18-10-11-19-34(33)41(47)51)39(49)45-35-26-31(30-16-8-5-9-17-30)21-23-46(42(35)52)36(38(48)44-3)25-29-14-6-4-7-15-29/h4-11,14-19,28,31-32,35-37H,12-13,20-27,43H2,1-3H3,(H,44,48)(H,45,49). The molecule has 3 aromatic carbocycles. The number of nitrogens with zero attached hydrogens (tertiary/aromatic N) is 2. The Balaban J connectivity index is 1.32. The second-order valence-electron chi connectivity index (χ2n) is 14.6. The minimum atomic E-state index is -0.845. The lowest BCUT2D eigenvalue weighted by Gasteiger charge is -2.32. The van der Waals surface area contributed by atoms with Gasteiger partial charge in [-0.15, -0.1) is 0 Å². The van der Waals surface area contributed by atoms with Crippen molar-refractivity contribution in [1.82, 2.24) is 20.4 Å². The summed E-state index contributed by atoms with van der Waals surface area (Å²) in [7, 11) is 4.59. The van der Waals surface area contributed by atoms with E-state index in [1.54, 1.807) is 47.0 Å². The normalized spacial score (nSPS) is 18.9. The van der Waals surface area contributed by atoms with Gasteiger partial charge in [-0.05, 0) is 67.2 Å². The summed E-state index contributed by atoms with van der Waals surface area (Å²) in [5.41, 5.74) is 9.25. The second kappa shape index (κ2) is 20.0. The number of unbranched alkanes of at least 4 members (excludes halogenated alkanes) is 1. The predicted molar refractivity (Wildman–Crippen MR) is 217 cm³/mol. The van der Waals surface area contributed by atoms with Crippen molar-refractivity contribution >= 4 is 51.1 Å². The summed E-state index contributed by atoms with van der Waals surface area (Å²) in [6.45, 7) is 4.89. The highest BCUT2D eigenvalue weighted by Gasteiger charge is 2.40. The lowest BCUT2D eigenvalue weighted by molar-refractivity contribution is -0.142. The Morgan fingerprint density at radius 3 is 2.13 bits per heavy atom. The van der Waals surface area contributed by atoms with Gasteiger partial charge in [0.05, 0.1) is 16.4 Å². The lowest BCUT2D eigenvalue weighted by Crippen LogP contribution is -2.56. The van der Waals surface area contributed by atoms with Crippen molar-refractivity contribution in [3.8, 4) is 0 Å².